The van der Waals surface area contributed by atoms with Crippen LogP contribution < -0.4 is 15.4 Å². The lowest BCUT2D eigenvalue weighted by Crippen LogP contribution is -2.46. The van der Waals surface area contributed by atoms with Crippen molar-refractivity contribution in [2.24, 2.45) is 11.7 Å². The van der Waals surface area contributed by atoms with Crippen LogP contribution in [0, 0.1) is 17.6 Å². The number of carbonyl (C=O) groups is 3. The van der Waals surface area contributed by atoms with E-state index >= 15 is 0 Å². The van der Waals surface area contributed by atoms with Crippen molar-refractivity contribution >= 4 is 23.4 Å². The molecule has 0 fully saturated rings. The molecule has 1 aliphatic heterocycles. The highest BCUT2D eigenvalue weighted by Crippen LogP contribution is 2.51. The number of methoxy groups -OCH3 is 1. The molecule has 8 nitrogen and oxygen atoms in total. The summed E-state index contributed by atoms with van der Waals surface area (Å²) in [6, 6.07) is 17.9. The maximum Gasteiger partial charge on any atom is 0.338 e. The molecule has 0 aromatic heterocycles. The number of hydrogen-bond acceptors (Lipinski definition) is 8. The smallest absolute Gasteiger partial charge is 0.338 e. The number of nitrogens with zero attached hydrogens (tertiary/aromatic N) is 1. The summed E-state index contributed by atoms with van der Waals surface area (Å²) in [6.07, 6.45) is 0.0860. The van der Waals surface area contributed by atoms with Gasteiger partial charge in [0.1, 0.15) is 29.1 Å². The van der Waals surface area contributed by atoms with E-state index in [4.69, 9.17) is 19.9 Å². The van der Waals surface area contributed by atoms with Gasteiger partial charge in [-0.1, -0.05) is 30.3 Å². The molecule has 10 heteroatoms. The van der Waals surface area contributed by atoms with Gasteiger partial charge in [-0.05, 0) is 73.9 Å². The van der Waals surface area contributed by atoms with Gasteiger partial charge < -0.3 is 19.9 Å². The van der Waals surface area contributed by atoms with Crippen molar-refractivity contribution in [3.05, 3.63) is 118 Å². The van der Waals surface area contributed by atoms with E-state index in [9.17, 15) is 23.2 Å². The van der Waals surface area contributed by atoms with Gasteiger partial charge in [-0.25, -0.2) is 13.6 Å². The minimum absolute atomic E-state index is 0.00886. The Morgan fingerprint density at radius 3 is 2.27 bits per heavy atom. The van der Waals surface area contributed by atoms with Gasteiger partial charge in [0.2, 0.25) is 0 Å². The fraction of sp³-hybridized carbons (Fsp3) is 0.265. The van der Waals surface area contributed by atoms with E-state index in [0.717, 1.165) is 0 Å². The molecule has 1 heterocycles. The molecule has 3 aromatic carbocycles. The molecule has 0 amide bonds. The summed E-state index contributed by atoms with van der Waals surface area (Å²) in [5, 5.41) is 0. The number of benzene rings is 3. The van der Waals surface area contributed by atoms with Crippen molar-refractivity contribution < 1.29 is 37.4 Å². The van der Waals surface area contributed by atoms with Gasteiger partial charge >= 0.3 is 11.9 Å². The van der Waals surface area contributed by atoms with Crippen molar-refractivity contribution in [1.82, 2.24) is 0 Å². The summed E-state index contributed by atoms with van der Waals surface area (Å²) in [5.41, 5.74) is 8.44. The summed E-state index contributed by atoms with van der Waals surface area (Å²) >= 11 is 0. The molecule has 44 heavy (non-hydrogen) atoms. The lowest BCUT2D eigenvalue weighted by Gasteiger charge is -2.44. The first-order valence-corrected chi connectivity index (χ1v) is 14.3. The van der Waals surface area contributed by atoms with Crippen molar-refractivity contribution in [3.8, 4) is 5.75 Å². The molecule has 1 aliphatic carbocycles. The van der Waals surface area contributed by atoms with Gasteiger partial charge in [0, 0.05) is 17.2 Å². The molecule has 0 bridgehead atoms. The molecule has 0 spiro atoms. The third kappa shape index (κ3) is 5.55. The number of anilines is 1. The minimum atomic E-state index is -1.29. The molecule has 5 rings (SSSR count). The van der Waals surface area contributed by atoms with E-state index in [1.165, 1.54) is 54.5 Å². The third-order valence-corrected chi connectivity index (χ3v) is 7.87. The number of ether oxygens (including phenoxy) is 3. The maximum atomic E-state index is 14.8. The molecule has 3 aromatic rings. The molecule has 0 saturated heterocycles. The lowest BCUT2D eigenvalue weighted by atomic mass is 9.67. The molecular formula is C34H32F2N2O6. The third-order valence-electron chi connectivity index (χ3n) is 7.87. The molecular weight excluding hydrogens is 570 g/mol. The standard InChI is InChI=1S/C34H32F2N2O6/c1-4-43-33(40)28-25(20-8-6-11-24(16-20)42-3)18-26-29(31(28)39)27(19-12-14-21(35)15-13-19)30(34(41)44-5-2)32(37)38(26)23-10-7-9-22(36)17-23/h6-17,25,27-28H,4-5,18,37H2,1-3H3/t25-,27-,28+/m0/s1. The van der Waals surface area contributed by atoms with Crippen LogP contribution in [0.15, 0.2) is 95.5 Å². The summed E-state index contributed by atoms with van der Waals surface area (Å²) in [5.74, 6) is -5.88. The van der Waals surface area contributed by atoms with Crippen molar-refractivity contribution in [2.75, 3.05) is 25.2 Å². The Morgan fingerprint density at radius 1 is 0.909 bits per heavy atom. The van der Waals surface area contributed by atoms with Crippen LogP contribution in [0.4, 0.5) is 14.5 Å². The van der Waals surface area contributed by atoms with Gasteiger partial charge in [0.15, 0.2) is 5.78 Å². The van der Waals surface area contributed by atoms with E-state index in [2.05, 4.69) is 0 Å². The van der Waals surface area contributed by atoms with E-state index in [-0.39, 0.29) is 42.3 Å². The van der Waals surface area contributed by atoms with Crippen LogP contribution in [-0.2, 0) is 23.9 Å². The number of halogens is 2. The molecule has 3 atom stereocenters. The van der Waals surface area contributed by atoms with Crippen LogP contribution in [0.1, 0.15) is 43.2 Å². The largest absolute Gasteiger partial charge is 0.497 e. The lowest BCUT2D eigenvalue weighted by molar-refractivity contribution is -0.152. The summed E-state index contributed by atoms with van der Waals surface area (Å²) < 4.78 is 44.9. The van der Waals surface area contributed by atoms with Crippen molar-refractivity contribution in [2.45, 2.75) is 32.1 Å². The van der Waals surface area contributed by atoms with Crippen LogP contribution >= 0.6 is 0 Å². The van der Waals surface area contributed by atoms with E-state index in [1.54, 1.807) is 44.2 Å². The van der Waals surface area contributed by atoms with E-state index in [1.807, 2.05) is 0 Å². The molecule has 0 unspecified atom stereocenters. The van der Waals surface area contributed by atoms with Crippen LogP contribution in [0.25, 0.3) is 0 Å². The monoisotopic (exact) mass is 602 g/mol. The van der Waals surface area contributed by atoms with Gasteiger partial charge in [-0.15, -0.1) is 0 Å². The Balaban J connectivity index is 1.82. The van der Waals surface area contributed by atoms with Crippen LogP contribution in [0.5, 0.6) is 5.75 Å². The first-order valence-electron chi connectivity index (χ1n) is 14.3. The number of esters is 2. The summed E-state index contributed by atoms with van der Waals surface area (Å²) in [4.78, 5) is 43.4. The highest BCUT2D eigenvalue weighted by molar-refractivity contribution is 6.14. The fourth-order valence-electron chi connectivity index (χ4n) is 6.02. The number of rotatable bonds is 8. The van der Waals surface area contributed by atoms with Gasteiger partial charge in [0.25, 0.3) is 0 Å². The highest BCUT2D eigenvalue weighted by Gasteiger charge is 2.51. The van der Waals surface area contributed by atoms with Crippen LogP contribution in [0.2, 0.25) is 0 Å². The fourth-order valence-corrected chi connectivity index (χ4v) is 6.02. The topological polar surface area (TPSA) is 108 Å². The molecule has 228 valence electrons. The normalized spacial score (nSPS) is 19.9. The molecule has 2 N–H and O–H groups in total. The zero-order valence-corrected chi connectivity index (χ0v) is 24.5. The van der Waals surface area contributed by atoms with Gasteiger partial charge in [-0.2, -0.15) is 0 Å². The van der Waals surface area contributed by atoms with Crippen molar-refractivity contribution in [3.63, 3.8) is 0 Å². The second-order valence-corrected chi connectivity index (χ2v) is 10.4. The predicted octanol–water partition coefficient (Wildman–Crippen LogP) is 5.50. The first-order chi connectivity index (χ1) is 21.2. The Hall–Kier alpha value is -4.99. The average molecular weight is 603 g/mol. The summed E-state index contributed by atoms with van der Waals surface area (Å²) in [7, 11) is 1.51. The highest BCUT2D eigenvalue weighted by atomic mass is 19.1. The van der Waals surface area contributed by atoms with Crippen LogP contribution in [0.3, 0.4) is 0 Å². The Bertz CT molecular complexity index is 1670. The summed E-state index contributed by atoms with van der Waals surface area (Å²) in [6.45, 7) is 3.32. The number of carbonyl (C=O) groups excluding carboxylic acids is 3. The van der Waals surface area contributed by atoms with E-state index < -0.39 is 47.1 Å². The molecule has 2 aliphatic rings. The minimum Gasteiger partial charge on any atom is -0.497 e. The number of hydrogen-bond donors (Lipinski definition) is 1. The van der Waals surface area contributed by atoms with Gasteiger partial charge in [-0.3, -0.25) is 14.5 Å². The molecule has 0 saturated carbocycles. The number of nitrogens with two attached hydrogens (primary N) is 1. The zero-order valence-electron chi connectivity index (χ0n) is 24.5. The molecule has 0 radical (unpaired) electrons. The Morgan fingerprint density at radius 2 is 1.61 bits per heavy atom. The van der Waals surface area contributed by atoms with Gasteiger partial charge in [0.05, 0.1) is 37.5 Å². The maximum absolute atomic E-state index is 14.8. The Kier molecular flexibility index (Phi) is 8.80. The first kappa shape index (κ1) is 30.5. The Labute approximate surface area is 253 Å². The second kappa shape index (κ2) is 12.7. The number of ketones is 1. The quantitative estimate of drug-likeness (QED) is 0.266. The number of allylic oxidation sites excluding steroid dienone is 2. The second-order valence-electron chi connectivity index (χ2n) is 10.4. The SMILES string of the molecule is CCOC(=O)C1=C(N)N(c2cccc(F)c2)C2=C(C(=O)[C@H](C(=O)OCC)[C@H](c3cccc(OC)c3)C2)[C@@H]1c1ccc(F)cc1. The average Bonchev–Trinajstić information content (AvgIpc) is 3.01. The zero-order chi connectivity index (χ0) is 31.5. The van der Waals surface area contributed by atoms with Crippen molar-refractivity contribution in [1.29, 1.82) is 0 Å². The predicted molar refractivity (Wildman–Crippen MR) is 158 cm³/mol. The number of Topliss-reactive ketones (excluding diaryl/α,β-unsaturated/α-hetero) is 1. The van der Waals surface area contributed by atoms with E-state index in [0.29, 0.717) is 22.6 Å². The van der Waals surface area contributed by atoms with Crippen LogP contribution in [-0.4, -0.2) is 38.0 Å².